The molecular weight excluding hydrogens is 254 g/mol. The molecule has 0 aromatic carbocycles. The number of pyridine rings is 1. The number of amides is 2. The van der Waals surface area contributed by atoms with Gasteiger partial charge in [0.25, 0.3) is 0 Å². The van der Waals surface area contributed by atoms with E-state index in [1.54, 1.807) is 11.1 Å². The summed E-state index contributed by atoms with van der Waals surface area (Å²) in [5, 5.41) is 2.84. The van der Waals surface area contributed by atoms with Gasteiger partial charge in [-0.1, -0.05) is 20.3 Å². The van der Waals surface area contributed by atoms with E-state index in [0.29, 0.717) is 13.0 Å². The molecule has 108 valence electrons. The minimum Gasteiger partial charge on any atom is -0.344 e. The summed E-state index contributed by atoms with van der Waals surface area (Å²) in [5.74, 6) is 0.00697. The Morgan fingerprint density at radius 3 is 2.80 bits per heavy atom. The summed E-state index contributed by atoms with van der Waals surface area (Å²) in [4.78, 5) is 30.3. The van der Waals surface area contributed by atoms with Gasteiger partial charge in [0.2, 0.25) is 11.8 Å². The Balaban J connectivity index is 2.29. The van der Waals surface area contributed by atoms with E-state index in [0.717, 1.165) is 17.8 Å². The van der Waals surface area contributed by atoms with Crippen molar-refractivity contribution in [1.82, 2.24) is 10.3 Å². The molecule has 0 saturated carbocycles. The van der Waals surface area contributed by atoms with Gasteiger partial charge in [-0.25, -0.2) is 0 Å². The Kier molecular flexibility index (Phi) is 4.37. The quantitative estimate of drug-likeness (QED) is 0.912. The van der Waals surface area contributed by atoms with Gasteiger partial charge in [-0.2, -0.15) is 0 Å². The molecule has 1 aromatic heterocycles. The van der Waals surface area contributed by atoms with Gasteiger partial charge in [0.15, 0.2) is 0 Å². The third kappa shape index (κ3) is 2.98. The second kappa shape index (κ2) is 6.03. The normalized spacial score (nSPS) is 21.4. The molecule has 1 fully saturated rings. The Labute approximate surface area is 119 Å². The third-order valence-electron chi connectivity index (χ3n) is 3.83. The van der Waals surface area contributed by atoms with Crippen LogP contribution < -0.4 is 10.2 Å². The number of rotatable bonds is 3. The molecule has 0 radical (unpaired) electrons. The molecule has 1 aliphatic rings. The van der Waals surface area contributed by atoms with Crippen LogP contribution >= 0.6 is 0 Å². The fraction of sp³-hybridized carbons (Fsp3) is 0.533. The molecule has 1 saturated heterocycles. The molecule has 2 atom stereocenters. The van der Waals surface area contributed by atoms with E-state index >= 15 is 0 Å². The lowest BCUT2D eigenvalue weighted by Gasteiger charge is -2.27. The maximum absolute atomic E-state index is 12.7. The summed E-state index contributed by atoms with van der Waals surface area (Å²) in [6.45, 7) is 6.32. The van der Waals surface area contributed by atoms with Gasteiger partial charge in [-0.05, 0) is 25.0 Å². The van der Waals surface area contributed by atoms with Gasteiger partial charge in [0.1, 0.15) is 6.04 Å². The first kappa shape index (κ1) is 14.5. The van der Waals surface area contributed by atoms with Crippen molar-refractivity contribution in [3.05, 3.63) is 24.0 Å². The van der Waals surface area contributed by atoms with E-state index in [9.17, 15) is 9.59 Å². The zero-order valence-corrected chi connectivity index (χ0v) is 12.2. The molecule has 2 unspecified atom stereocenters. The van der Waals surface area contributed by atoms with E-state index < -0.39 is 6.04 Å². The second-order valence-corrected chi connectivity index (χ2v) is 5.33. The van der Waals surface area contributed by atoms with Crippen LogP contribution in [0.25, 0.3) is 0 Å². The molecule has 5 nitrogen and oxygen atoms in total. The highest BCUT2D eigenvalue weighted by molar-refractivity contribution is 6.01. The molecule has 2 rings (SSSR count). The van der Waals surface area contributed by atoms with Crippen LogP contribution in [0, 0.1) is 12.8 Å². The SMILES string of the molecule is CCC(C)C1NC(=O)CCN(c2ccc(C)nc2)C1=O. The van der Waals surface area contributed by atoms with Gasteiger partial charge in [0.05, 0.1) is 11.9 Å². The zero-order chi connectivity index (χ0) is 14.7. The first-order chi connectivity index (χ1) is 9.52. The molecule has 1 aliphatic heterocycles. The summed E-state index contributed by atoms with van der Waals surface area (Å²) in [5.41, 5.74) is 1.66. The molecule has 0 spiro atoms. The fourth-order valence-electron chi connectivity index (χ4n) is 2.30. The molecule has 2 heterocycles. The lowest BCUT2D eigenvalue weighted by atomic mass is 9.98. The molecule has 0 aliphatic carbocycles. The number of hydrogen-bond acceptors (Lipinski definition) is 3. The monoisotopic (exact) mass is 275 g/mol. The lowest BCUT2D eigenvalue weighted by molar-refractivity contribution is -0.126. The first-order valence-corrected chi connectivity index (χ1v) is 7.06. The fourth-order valence-corrected chi connectivity index (χ4v) is 2.30. The third-order valence-corrected chi connectivity index (χ3v) is 3.83. The van der Waals surface area contributed by atoms with Gasteiger partial charge >= 0.3 is 0 Å². The highest BCUT2D eigenvalue weighted by atomic mass is 16.2. The van der Waals surface area contributed by atoms with E-state index in [1.807, 2.05) is 32.9 Å². The van der Waals surface area contributed by atoms with Crippen LogP contribution in [0.2, 0.25) is 0 Å². The van der Waals surface area contributed by atoms with Crippen molar-refractivity contribution < 1.29 is 9.59 Å². The largest absolute Gasteiger partial charge is 0.344 e. The standard InChI is InChI=1S/C15H21N3O2/c1-4-10(2)14-15(20)18(8-7-13(19)17-14)12-6-5-11(3)16-9-12/h5-6,9-10,14H,4,7-8H2,1-3H3,(H,17,19). The van der Waals surface area contributed by atoms with Crippen LogP contribution in [-0.4, -0.2) is 29.4 Å². The van der Waals surface area contributed by atoms with Crippen LogP contribution in [0.15, 0.2) is 18.3 Å². The van der Waals surface area contributed by atoms with Crippen molar-refractivity contribution in [2.45, 2.75) is 39.7 Å². The summed E-state index contributed by atoms with van der Waals surface area (Å²) < 4.78 is 0. The highest BCUT2D eigenvalue weighted by Gasteiger charge is 2.33. The van der Waals surface area contributed by atoms with E-state index in [-0.39, 0.29) is 17.7 Å². The number of aryl methyl sites for hydroxylation is 1. The Hall–Kier alpha value is -1.91. The summed E-state index contributed by atoms with van der Waals surface area (Å²) in [6, 6.07) is 3.31. The van der Waals surface area contributed by atoms with Gasteiger partial charge in [0, 0.05) is 18.7 Å². The molecule has 5 heteroatoms. The number of hydrogen-bond donors (Lipinski definition) is 1. The molecule has 1 aromatic rings. The van der Waals surface area contributed by atoms with Gasteiger partial charge in [-0.15, -0.1) is 0 Å². The second-order valence-electron chi connectivity index (χ2n) is 5.33. The van der Waals surface area contributed by atoms with Gasteiger partial charge in [-0.3, -0.25) is 14.6 Å². The van der Waals surface area contributed by atoms with Crippen molar-refractivity contribution >= 4 is 17.5 Å². The maximum Gasteiger partial charge on any atom is 0.249 e. The highest BCUT2D eigenvalue weighted by Crippen LogP contribution is 2.20. The Morgan fingerprint density at radius 1 is 1.45 bits per heavy atom. The van der Waals surface area contributed by atoms with Crippen molar-refractivity contribution in [2.24, 2.45) is 5.92 Å². The Bertz CT molecular complexity index is 498. The predicted molar refractivity (Wildman–Crippen MR) is 77.3 cm³/mol. The molecule has 1 N–H and O–H groups in total. The molecular formula is C15H21N3O2. The summed E-state index contributed by atoms with van der Waals surface area (Å²) >= 11 is 0. The number of carbonyl (C=O) groups excluding carboxylic acids is 2. The zero-order valence-electron chi connectivity index (χ0n) is 12.2. The minimum atomic E-state index is -0.448. The number of anilines is 1. The van der Waals surface area contributed by atoms with E-state index in [2.05, 4.69) is 10.3 Å². The number of carbonyl (C=O) groups is 2. The van der Waals surface area contributed by atoms with Crippen LogP contribution in [0.3, 0.4) is 0 Å². The lowest BCUT2D eigenvalue weighted by Crippen LogP contribution is -2.48. The number of nitrogens with zero attached hydrogens (tertiary/aromatic N) is 2. The van der Waals surface area contributed by atoms with Crippen molar-refractivity contribution in [3.63, 3.8) is 0 Å². The number of aromatic nitrogens is 1. The maximum atomic E-state index is 12.7. The molecule has 20 heavy (non-hydrogen) atoms. The van der Waals surface area contributed by atoms with Gasteiger partial charge < -0.3 is 10.2 Å². The summed E-state index contributed by atoms with van der Waals surface area (Å²) in [7, 11) is 0. The molecule has 0 bridgehead atoms. The molecule has 2 amide bonds. The van der Waals surface area contributed by atoms with Crippen molar-refractivity contribution in [3.8, 4) is 0 Å². The van der Waals surface area contributed by atoms with Crippen LogP contribution in [0.4, 0.5) is 5.69 Å². The van der Waals surface area contributed by atoms with E-state index in [4.69, 9.17) is 0 Å². The topological polar surface area (TPSA) is 62.3 Å². The van der Waals surface area contributed by atoms with Crippen LogP contribution in [0.5, 0.6) is 0 Å². The van der Waals surface area contributed by atoms with E-state index in [1.165, 1.54) is 0 Å². The predicted octanol–water partition coefficient (Wildman–Crippen LogP) is 1.66. The first-order valence-electron chi connectivity index (χ1n) is 7.06. The average Bonchev–Trinajstić information content (AvgIpc) is 2.59. The summed E-state index contributed by atoms with van der Waals surface area (Å²) in [6.07, 6.45) is 2.86. The minimum absolute atomic E-state index is 0.0455. The van der Waals surface area contributed by atoms with Crippen LogP contribution in [-0.2, 0) is 9.59 Å². The smallest absolute Gasteiger partial charge is 0.249 e. The van der Waals surface area contributed by atoms with Crippen molar-refractivity contribution in [1.29, 1.82) is 0 Å². The average molecular weight is 275 g/mol. The van der Waals surface area contributed by atoms with Crippen molar-refractivity contribution in [2.75, 3.05) is 11.4 Å². The Morgan fingerprint density at radius 2 is 2.20 bits per heavy atom. The van der Waals surface area contributed by atoms with Crippen LogP contribution in [0.1, 0.15) is 32.4 Å². The number of nitrogens with one attached hydrogen (secondary N) is 1.